The Hall–Kier alpha value is -3.64. The molecule has 0 spiro atoms. The molecule has 0 aromatic heterocycles. The van der Waals surface area contributed by atoms with E-state index in [9.17, 15) is 8.78 Å². The zero-order valence-electron chi connectivity index (χ0n) is 20.3. The maximum Gasteiger partial charge on any atom is 0.166 e. The number of likely N-dealkylation sites (tertiary alicyclic amines) is 1. The molecular weight excluding hydrogens is 460 g/mol. The van der Waals surface area contributed by atoms with E-state index in [1.807, 2.05) is 48.5 Å². The van der Waals surface area contributed by atoms with Gasteiger partial charge in [-0.15, -0.1) is 0 Å². The van der Waals surface area contributed by atoms with Gasteiger partial charge in [0, 0.05) is 23.1 Å². The Morgan fingerprint density at radius 3 is 2.31 bits per heavy atom. The third-order valence-electron chi connectivity index (χ3n) is 6.59. The molecule has 36 heavy (non-hydrogen) atoms. The van der Waals surface area contributed by atoms with Crippen LogP contribution in [0.25, 0.3) is 21.9 Å². The molecule has 5 rings (SSSR count). The van der Waals surface area contributed by atoms with Crippen molar-refractivity contribution in [1.82, 2.24) is 4.90 Å². The summed E-state index contributed by atoms with van der Waals surface area (Å²) in [5, 5.41) is 1.63. The van der Waals surface area contributed by atoms with Gasteiger partial charge in [-0.05, 0) is 85.9 Å². The van der Waals surface area contributed by atoms with Gasteiger partial charge in [0.15, 0.2) is 11.6 Å². The first-order chi connectivity index (χ1) is 17.6. The van der Waals surface area contributed by atoms with Crippen LogP contribution in [0.15, 0.2) is 72.8 Å². The molecule has 1 saturated heterocycles. The maximum atomic E-state index is 14.8. The number of hydrogen-bond donors (Lipinski definition) is 0. The van der Waals surface area contributed by atoms with E-state index in [1.165, 1.54) is 25.3 Å². The average molecular weight is 490 g/mol. The molecule has 0 radical (unpaired) electrons. The van der Waals surface area contributed by atoms with E-state index < -0.39 is 11.6 Å². The van der Waals surface area contributed by atoms with Crippen molar-refractivity contribution in [3.63, 3.8) is 0 Å². The number of methoxy groups -OCH3 is 1. The summed E-state index contributed by atoms with van der Waals surface area (Å²) in [4.78, 5) is 2.43. The molecule has 1 aliphatic rings. The molecule has 0 bridgehead atoms. The fourth-order valence-electron chi connectivity index (χ4n) is 4.64. The predicted octanol–water partition coefficient (Wildman–Crippen LogP) is 7.45. The fraction of sp³-hybridized carbons (Fsp3) is 0.267. The fourth-order valence-corrected chi connectivity index (χ4v) is 4.64. The van der Waals surface area contributed by atoms with Crippen molar-refractivity contribution in [2.24, 2.45) is 0 Å². The quantitative estimate of drug-likeness (QED) is 0.257. The van der Waals surface area contributed by atoms with Gasteiger partial charge in [0.25, 0.3) is 0 Å². The smallest absolute Gasteiger partial charge is 0.166 e. The second-order valence-electron chi connectivity index (χ2n) is 8.95. The predicted molar refractivity (Wildman–Crippen MR) is 138 cm³/mol. The number of hydrogen-bond acceptors (Lipinski definition) is 4. The lowest BCUT2D eigenvalue weighted by molar-refractivity contribution is 0.183. The standard InChI is InChI=1S/C30H29F2NO3/c1-34-24-13-15-25-21(20-24)8-14-27(26-6-5-7-28(31)29(26)32)30(25)36-23-11-9-22(10-12-23)35-19-18-33-16-3-2-4-17-33/h5-15,20H,2-4,16-19H2,1H3. The SMILES string of the molecule is COc1ccc2c(Oc3ccc(OCCN4CCCCC4)cc3)c(-c3cccc(F)c3F)ccc2c1. The van der Waals surface area contributed by atoms with Gasteiger partial charge in [-0.3, -0.25) is 4.90 Å². The van der Waals surface area contributed by atoms with Gasteiger partial charge >= 0.3 is 0 Å². The Balaban J connectivity index is 1.41. The lowest BCUT2D eigenvalue weighted by atomic mass is 9.98. The highest BCUT2D eigenvalue weighted by Gasteiger charge is 2.18. The molecule has 4 nitrogen and oxygen atoms in total. The Morgan fingerprint density at radius 1 is 0.778 bits per heavy atom. The number of piperidine rings is 1. The van der Waals surface area contributed by atoms with E-state index in [0.29, 0.717) is 29.4 Å². The lowest BCUT2D eigenvalue weighted by Gasteiger charge is -2.26. The van der Waals surface area contributed by atoms with E-state index >= 15 is 0 Å². The van der Waals surface area contributed by atoms with Gasteiger partial charge in [0.2, 0.25) is 0 Å². The van der Waals surface area contributed by atoms with E-state index in [1.54, 1.807) is 19.2 Å². The van der Waals surface area contributed by atoms with Gasteiger partial charge in [-0.25, -0.2) is 8.78 Å². The van der Waals surface area contributed by atoms with Crippen molar-refractivity contribution in [1.29, 1.82) is 0 Å². The Labute approximate surface area is 210 Å². The molecule has 4 aromatic carbocycles. The monoisotopic (exact) mass is 489 g/mol. The average Bonchev–Trinajstić information content (AvgIpc) is 2.92. The summed E-state index contributed by atoms with van der Waals surface area (Å²) >= 11 is 0. The summed E-state index contributed by atoms with van der Waals surface area (Å²) in [5.41, 5.74) is 0.604. The van der Waals surface area contributed by atoms with Crippen LogP contribution in [0.2, 0.25) is 0 Å². The van der Waals surface area contributed by atoms with Gasteiger partial charge in [-0.2, -0.15) is 0 Å². The first kappa shape index (κ1) is 24.1. The minimum Gasteiger partial charge on any atom is -0.497 e. The van der Waals surface area contributed by atoms with E-state index in [4.69, 9.17) is 14.2 Å². The van der Waals surface area contributed by atoms with Crippen LogP contribution in [-0.4, -0.2) is 38.3 Å². The number of rotatable bonds is 8. The van der Waals surface area contributed by atoms with Crippen LogP contribution in [0.1, 0.15) is 19.3 Å². The zero-order chi connectivity index (χ0) is 24.9. The molecule has 0 amide bonds. The van der Waals surface area contributed by atoms with Gasteiger partial charge in [-0.1, -0.05) is 24.6 Å². The van der Waals surface area contributed by atoms with E-state index in [2.05, 4.69) is 4.90 Å². The third kappa shape index (κ3) is 5.29. The number of fused-ring (bicyclic) bond motifs is 1. The molecule has 0 aliphatic carbocycles. The highest BCUT2D eigenvalue weighted by Crippen LogP contribution is 2.42. The zero-order valence-corrected chi connectivity index (χ0v) is 20.3. The molecular formula is C30H29F2NO3. The highest BCUT2D eigenvalue weighted by molar-refractivity contribution is 5.96. The van der Waals surface area contributed by atoms with E-state index in [0.717, 1.165) is 42.2 Å². The van der Waals surface area contributed by atoms with Crippen molar-refractivity contribution in [2.75, 3.05) is 33.4 Å². The molecule has 1 fully saturated rings. The lowest BCUT2D eigenvalue weighted by Crippen LogP contribution is -2.33. The van der Waals surface area contributed by atoms with Gasteiger partial charge in [0.1, 0.15) is 29.6 Å². The maximum absolute atomic E-state index is 14.8. The molecule has 1 heterocycles. The number of ether oxygens (including phenoxy) is 3. The number of nitrogens with zero attached hydrogens (tertiary/aromatic N) is 1. The topological polar surface area (TPSA) is 30.9 Å². The largest absolute Gasteiger partial charge is 0.497 e. The van der Waals surface area contributed by atoms with Gasteiger partial charge < -0.3 is 14.2 Å². The first-order valence-electron chi connectivity index (χ1n) is 12.3. The minimum atomic E-state index is -0.910. The Morgan fingerprint density at radius 2 is 1.53 bits per heavy atom. The molecule has 1 aliphatic heterocycles. The minimum absolute atomic E-state index is 0.139. The number of halogens is 2. The molecule has 0 saturated carbocycles. The summed E-state index contributed by atoms with van der Waals surface area (Å²) in [7, 11) is 1.60. The van der Waals surface area contributed by atoms with Crippen LogP contribution in [0.5, 0.6) is 23.0 Å². The van der Waals surface area contributed by atoms with Crippen LogP contribution in [0.4, 0.5) is 8.78 Å². The van der Waals surface area contributed by atoms with Crippen molar-refractivity contribution < 1.29 is 23.0 Å². The molecule has 0 atom stereocenters. The van der Waals surface area contributed by atoms with Crippen LogP contribution < -0.4 is 14.2 Å². The van der Waals surface area contributed by atoms with Crippen molar-refractivity contribution >= 4 is 10.8 Å². The Kier molecular flexibility index (Phi) is 7.33. The molecule has 0 unspecified atom stereocenters. The van der Waals surface area contributed by atoms with Crippen molar-refractivity contribution in [3.8, 4) is 34.1 Å². The summed E-state index contributed by atoms with van der Waals surface area (Å²) < 4.78 is 46.4. The highest BCUT2D eigenvalue weighted by atomic mass is 19.2. The summed E-state index contributed by atoms with van der Waals surface area (Å²) in [6.45, 7) is 3.83. The second kappa shape index (κ2) is 11.0. The Bertz CT molecular complexity index is 1330. The normalized spacial score (nSPS) is 14.1. The molecule has 4 aromatic rings. The molecule has 186 valence electrons. The van der Waals surface area contributed by atoms with Crippen LogP contribution in [0.3, 0.4) is 0 Å². The van der Waals surface area contributed by atoms with Crippen molar-refractivity contribution in [2.45, 2.75) is 19.3 Å². The molecule has 0 N–H and O–H groups in total. The third-order valence-corrected chi connectivity index (χ3v) is 6.59. The summed E-state index contributed by atoms with van der Waals surface area (Å²) in [6, 6.07) is 20.7. The first-order valence-corrected chi connectivity index (χ1v) is 12.3. The summed E-state index contributed by atoms with van der Waals surface area (Å²) in [6.07, 6.45) is 3.83. The second-order valence-corrected chi connectivity index (χ2v) is 8.95. The van der Waals surface area contributed by atoms with Crippen LogP contribution >= 0.6 is 0 Å². The van der Waals surface area contributed by atoms with Crippen LogP contribution in [-0.2, 0) is 0 Å². The van der Waals surface area contributed by atoms with Crippen LogP contribution in [0, 0.1) is 11.6 Å². The van der Waals surface area contributed by atoms with Crippen molar-refractivity contribution in [3.05, 3.63) is 84.4 Å². The van der Waals surface area contributed by atoms with Gasteiger partial charge in [0.05, 0.1) is 7.11 Å². The summed E-state index contributed by atoms with van der Waals surface area (Å²) in [5.74, 6) is 0.660. The van der Waals surface area contributed by atoms with E-state index in [-0.39, 0.29) is 5.56 Å². The molecule has 6 heteroatoms. The number of benzene rings is 4.